The monoisotopic (exact) mass is 262 g/mol. The molecule has 0 saturated heterocycles. The number of aryl methyl sites for hydroxylation is 1. The van der Waals surface area contributed by atoms with Crippen LogP contribution in [-0.4, -0.2) is 26.4 Å². The lowest BCUT2D eigenvalue weighted by Gasteiger charge is -2.06. The largest absolute Gasteiger partial charge is 0.477 e. The van der Waals surface area contributed by atoms with Crippen LogP contribution in [0.25, 0.3) is 0 Å². The van der Waals surface area contributed by atoms with Gasteiger partial charge in [-0.1, -0.05) is 0 Å². The summed E-state index contributed by atoms with van der Waals surface area (Å²) < 4.78 is 7.28. The van der Waals surface area contributed by atoms with Gasteiger partial charge in [0, 0.05) is 36.5 Å². The number of hydrogen-bond acceptors (Lipinski definition) is 6. The van der Waals surface area contributed by atoms with Crippen molar-refractivity contribution in [2.24, 2.45) is 0 Å². The van der Waals surface area contributed by atoms with Gasteiger partial charge in [0.1, 0.15) is 5.82 Å². The first kappa shape index (κ1) is 13.1. The summed E-state index contributed by atoms with van der Waals surface area (Å²) in [7, 11) is 0. The van der Waals surface area contributed by atoms with Gasteiger partial charge in [0.2, 0.25) is 11.8 Å². The lowest BCUT2D eigenvalue weighted by Crippen LogP contribution is -2.07. The number of nitrogen functional groups attached to an aromatic ring is 2. The van der Waals surface area contributed by atoms with Gasteiger partial charge in [0.15, 0.2) is 0 Å². The zero-order valence-electron chi connectivity index (χ0n) is 11.1. The molecule has 0 saturated carbocycles. The third-order valence-corrected chi connectivity index (χ3v) is 2.72. The van der Waals surface area contributed by atoms with Crippen LogP contribution in [0.4, 0.5) is 11.8 Å². The molecule has 0 aliphatic heterocycles. The smallest absolute Gasteiger partial charge is 0.233 e. The van der Waals surface area contributed by atoms with Crippen molar-refractivity contribution < 1.29 is 4.74 Å². The number of hydrogen-bond donors (Lipinski definition) is 2. The average molecular weight is 262 g/mol. The summed E-state index contributed by atoms with van der Waals surface area (Å²) in [5.41, 5.74) is 13.1. The van der Waals surface area contributed by atoms with E-state index in [1.165, 1.54) is 0 Å². The first-order chi connectivity index (χ1) is 9.13. The van der Waals surface area contributed by atoms with Crippen molar-refractivity contribution >= 4 is 11.8 Å². The molecule has 0 spiro atoms. The lowest BCUT2D eigenvalue weighted by molar-refractivity contribution is 0.322. The molecule has 2 heterocycles. The number of nitrogens with zero attached hydrogens (tertiary/aromatic N) is 4. The highest BCUT2D eigenvalue weighted by Crippen LogP contribution is 2.18. The van der Waals surface area contributed by atoms with E-state index in [0.29, 0.717) is 24.7 Å². The molecule has 19 heavy (non-hydrogen) atoms. The summed E-state index contributed by atoms with van der Waals surface area (Å²) in [6.45, 7) is 5.30. The molecule has 2 rings (SSSR count). The normalized spacial score (nSPS) is 10.6. The first-order valence-electron chi connectivity index (χ1n) is 6.20. The van der Waals surface area contributed by atoms with Crippen molar-refractivity contribution in [3.8, 4) is 5.88 Å². The van der Waals surface area contributed by atoms with Gasteiger partial charge in [-0.3, -0.25) is 4.68 Å². The van der Waals surface area contributed by atoms with E-state index < -0.39 is 0 Å². The van der Waals surface area contributed by atoms with Gasteiger partial charge in [0.25, 0.3) is 0 Å². The van der Waals surface area contributed by atoms with Crippen LogP contribution in [0.1, 0.15) is 25.1 Å². The molecular weight excluding hydrogens is 244 g/mol. The Morgan fingerprint density at radius 2 is 2.11 bits per heavy atom. The SMILES string of the molecule is CCOc1cc(Cc2cnc(N)nc2N)n(CC)n1. The Hall–Kier alpha value is -2.31. The van der Waals surface area contributed by atoms with Gasteiger partial charge in [0.05, 0.1) is 6.61 Å². The van der Waals surface area contributed by atoms with Crippen molar-refractivity contribution in [3.05, 3.63) is 23.5 Å². The molecule has 0 fully saturated rings. The van der Waals surface area contributed by atoms with Crippen LogP contribution in [0.15, 0.2) is 12.3 Å². The van der Waals surface area contributed by atoms with Crippen molar-refractivity contribution in [3.63, 3.8) is 0 Å². The fourth-order valence-corrected chi connectivity index (χ4v) is 1.83. The van der Waals surface area contributed by atoms with Crippen molar-refractivity contribution in [2.75, 3.05) is 18.1 Å². The van der Waals surface area contributed by atoms with Crippen LogP contribution in [-0.2, 0) is 13.0 Å². The highest BCUT2D eigenvalue weighted by molar-refractivity contribution is 5.43. The molecule has 0 aromatic carbocycles. The van der Waals surface area contributed by atoms with E-state index in [9.17, 15) is 0 Å². The molecule has 0 bridgehead atoms. The molecule has 0 aliphatic rings. The van der Waals surface area contributed by atoms with Crippen LogP contribution in [0.2, 0.25) is 0 Å². The zero-order chi connectivity index (χ0) is 13.8. The van der Waals surface area contributed by atoms with Crippen LogP contribution >= 0.6 is 0 Å². The summed E-state index contributed by atoms with van der Waals surface area (Å²) in [6.07, 6.45) is 2.24. The van der Waals surface area contributed by atoms with Crippen LogP contribution in [0, 0.1) is 0 Å². The summed E-state index contributed by atoms with van der Waals surface area (Å²) in [6, 6.07) is 1.91. The second-order valence-corrected chi connectivity index (χ2v) is 4.04. The predicted octanol–water partition coefficient (Wildman–Crippen LogP) is 0.847. The fraction of sp³-hybridized carbons (Fsp3) is 0.417. The number of ether oxygens (including phenoxy) is 1. The first-order valence-corrected chi connectivity index (χ1v) is 6.20. The van der Waals surface area contributed by atoms with E-state index in [-0.39, 0.29) is 5.95 Å². The fourth-order valence-electron chi connectivity index (χ4n) is 1.83. The number of rotatable bonds is 5. The Balaban J connectivity index is 2.26. The summed E-state index contributed by atoms with van der Waals surface area (Å²) in [5.74, 6) is 1.20. The van der Waals surface area contributed by atoms with E-state index in [0.717, 1.165) is 17.8 Å². The van der Waals surface area contributed by atoms with Crippen LogP contribution < -0.4 is 16.2 Å². The standard InChI is InChI=1S/C12H18N6O/c1-3-18-9(6-10(17-18)19-4-2)5-8-7-15-12(14)16-11(8)13/h6-7H,3-5H2,1-2H3,(H4,13,14,15,16). The summed E-state index contributed by atoms with van der Waals surface area (Å²) >= 11 is 0. The van der Waals surface area contributed by atoms with Gasteiger partial charge in [-0.05, 0) is 13.8 Å². The Morgan fingerprint density at radius 1 is 1.32 bits per heavy atom. The summed E-state index contributed by atoms with van der Waals surface area (Å²) in [5, 5.41) is 4.35. The molecule has 0 radical (unpaired) electrons. The minimum absolute atomic E-state index is 0.181. The Labute approximate surface area is 111 Å². The van der Waals surface area contributed by atoms with Gasteiger partial charge >= 0.3 is 0 Å². The molecule has 102 valence electrons. The van der Waals surface area contributed by atoms with Crippen molar-refractivity contribution in [1.82, 2.24) is 19.7 Å². The molecule has 7 nitrogen and oxygen atoms in total. The molecule has 2 aromatic heterocycles. The third kappa shape index (κ3) is 2.93. The molecule has 7 heteroatoms. The predicted molar refractivity (Wildman–Crippen MR) is 72.7 cm³/mol. The maximum absolute atomic E-state index is 5.83. The third-order valence-electron chi connectivity index (χ3n) is 2.72. The second kappa shape index (κ2) is 5.55. The summed E-state index contributed by atoms with van der Waals surface area (Å²) in [4.78, 5) is 7.91. The number of anilines is 2. The highest BCUT2D eigenvalue weighted by Gasteiger charge is 2.11. The van der Waals surface area contributed by atoms with E-state index in [1.54, 1.807) is 6.20 Å². The Kier molecular flexibility index (Phi) is 3.84. The number of nitrogens with two attached hydrogens (primary N) is 2. The molecule has 0 unspecified atom stereocenters. The van der Waals surface area contributed by atoms with E-state index in [2.05, 4.69) is 15.1 Å². The highest BCUT2D eigenvalue weighted by atomic mass is 16.5. The lowest BCUT2D eigenvalue weighted by atomic mass is 10.1. The minimum Gasteiger partial charge on any atom is -0.477 e. The van der Waals surface area contributed by atoms with Crippen LogP contribution in [0.3, 0.4) is 0 Å². The molecule has 2 aromatic rings. The Bertz CT molecular complexity index is 565. The van der Waals surface area contributed by atoms with E-state index >= 15 is 0 Å². The van der Waals surface area contributed by atoms with E-state index in [4.69, 9.17) is 16.2 Å². The second-order valence-electron chi connectivity index (χ2n) is 4.04. The zero-order valence-corrected chi connectivity index (χ0v) is 11.1. The molecule has 0 aliphatic carbocycles. The quantitative estimate of drug-likeness (QED) is 0.827. The maximum Gasteiger partial charge on any atom is 0.233 e. The molecule has 0 amide bonds. The van der Waals surface area contributed by atoms with Crippen molar-refractivity contribution in [1.29, 1.82) is 0 Å². The van der Waals surface area contributed by atoms with Gasteiger partial charge < -0.3 is 16.2 Å². The Morgan fingerprint density at radius 3 is 2.74 bits per heavy atom. The van der Waals surface area contributed by atoms with Crippen LogP contribution in [0.5, 0.6) is 5.88 Å². The molecule has 0 atom stereocenters. The molecule has 4 N–H and O–H groups in total. The van der Waals surface area contributed by atoms with Crippen molar-refractivity contribution in [2.45, 2.75) is 26.8 Å². The minimum atomic E-state index is 0.181. The number of aromatic nitrogens is 4. The van der Waals surface area contributed by atoms with E-state index in [1.807, 2.05) is 24.6 Å². The van der Waals surface area contributed by atoms with Gasteiger partial charge in [-0.25, -0.2) is 4.98 Å². The average Bonchev–Trinajstić information content (AvgIpc) is 2.75. The maximum atomic E-state index is 5.83. The molecular formula is C12H18N6O. The topological polar surface area (TPSA) is 105 Å². The van der Waals surface area contributed by atoms with Gasteiger partial charge in [-0.2, -0.15) is 4.98 Å². The van der Waals surface area contributed by atoms with Gasteiger partial charge in [-0.15, -0.1) is 5.10 Å².